The molecular formula is C18H18FNO2S. The highest BCUT2D eigenvalue weighted by Crippen LogP contribution is 2.24. The second-order valence-electron chi connectivity index (χ2n) is 5.33. The van der Waals surface area contributed by atoms with Crippen LogP contribution >= 0.6 is 11.8 Å². The molecule has 2 aromatic carbocycles. The van der Waals surface area contributed by atoms with E-state index >= 15 is 0 Å². The number of rotatable bonds is 5. The van der Waals surface area contributed by atoms with Gasteiger partial charge in [-0.1, -0.05) is 6.07 Å². The largest absolute Gasteiger partial charge is 0.326 e. The van der Waals surface area contributed by atoms with Crippen LogP contribution < -0.4 is 5.32 Å². The molecule has 0 aliphatic carbocycles. The molecule has 2 rings (SSSR count). The lowest BCUT2D eigenvalue weighted by atomic mass is 10.0. The average Bonchev–Trinajstić information content (AvgIpc) is 2.48. The molecule has 3 nitrogen and oxygen atoms in total. The van der Waals surface area contributed by atoms with Crippen molar-refractivity contribution < 1.29 is 14.0 Å². The van der Waals surface area contributed by atoms with Crippen molar-refractivity contribution in [2.75, 3.05) is 11.1 Å². The molecule has 5 heteroatoms. The zero-order valence-electron chi connectivity index (χ0n) is 13.3. The highest BCUT2D eigenvalue weighted by atomic mass is 32.2. The number of anilines is 1. The van der Waals surface area contributed by atoms with Crippen molar-refractivity contribution >= 4 is 29.1 Å². The molecule has 1 N–H and O–H groups in total. The molecular weight excluding hydrogens is 313 g/mol. The molecule has 0 aromatic heterocycles. The fourth-order valence-corrected chi connectivity index (χ4v) is 3.05. The van der Waals surface area contributed by atoms with E-state index in [9.17, 15) is 14.0 Å². The number of carbonyl (C=O) groups excluding carboxylic acids is 2. The fourth-order valence-electron chi connectivity index (χ4n) is 2.22. The molecule has 0 unspecified atom stereocenters. The highest BCUT2D eigenvalue weighted by molar-refractivity contribution is 8.00. The average molecular weight is 331 g/mol. The number of carbonyl (C=O) groups is 2. The molecule has 1 amide bonds. The van der Waals surface area contributed by atoms with E-state index in [1.165, 1.54) is 30.8 Å². The lowest BCUT2D eigenvalue weighted by Crippen LogP contribution is -2.10. The van der Waals surface area contributed by atoms with Gasteiger partial charge in [0.15, 0.2) is 5.78 Å². The monoisotopic (exact) mass is 331 g/mol. The maximum Gasteiger partial charge on any atom is 0.221 e. The van der Waals surface area contributed by atoms with Crippen LogP contribution in [0.2, 0.25) is 0 Å². The Morgan fingerprint density at radius 2 is 1.87 bits per heavy atom. The van der Waals surface area contributed by atoms with Crippen molar-refractivity contribution in [3.05, 3.63) is 58.9 Å². The Morgan fingerprint density at radius 1 is 1.13 bits per heavy atom. The standard InChI is InChI=1S/C18H18FNO2S/c1-11-8-17(20-13(3)21)12(2)7-16(11)18(22)10-23-15-6-4-5-14(19)9-15/h4-9H,10H2,1-3H3,(H,20,21). The first kappa shape index (κ1) is 17.2. The zero-order valence-corrected chi connectivity index (χ0v) is 14.1. The molecule has 0 saturated heterocycles. The van der Waals surface area contributed by atoms with Crippen molar-refractivity contribution in [1.29, 1.82) is 0 Å². The van der Waals surface area contributed by atoms with E-state index in [-0.39, 0.29) is 23.3 Å². The summed E-state index contributed by atoms with van der Waals surface area (Å²) in [7, 11) is 0. The Morgan fingerprint density at radius 3 is 2.52 bits per heavy atom. The van der Waals surface area contributed by atoms with Gasteiger partial charge in [0, 0.05) is 23.1 Å². The summed E-state index contributed by atoms with van der Waals surface area (Å²) in [6.07, 6.45) is 0. The maximum absolute atomic E-state index is 13.1. The van der Waals surface area contributed by atoms with Crippen LogP contribution in [0.3, 0.4) is 0 Å². The second-order valence-corrected chi connectivity index (χ2v) is 6.38. The first-order chi connectivity index (χ1) is 10.9. The smallest absolute Gasteiger partial charge is 0.221 e. The van der Waals surface area contributed by atoms with Crippen molar-refractivity contribution in [3.63, 3.8) is 0 Å². The summed E-state index contributed by atoms with van der Waals surface area (Å²) in [5.41, 5.74) is 2.99. The Labute approximate surface area is 139 Å². The SMILES string of the molecule is CC(=O)Nc1cc(C)c(C(=O)CSc2cccc(F)c2)cc1C. The number of benzene rings is 2. The summed E-state index contributed by atoms with van der Waals surface area (Å²) in [6.45, 7) is 5.13. The zero-order chi connectivity index (χ0) is 17.0. The molecule has 0 spiro atoms. The number of halogens is 1. The van der Waals surface area contributed by atoms with Gasteiger partial charge >= 0.3 is 0 Å². The van der Waals surface area contributed by atoms with E-state index in [4.69, 9.17) is 0 Å². The number of aryl methyl sites for hydroxylation is 2. The summed E-state index contributed by atoms with van der Waals surface area (Å²) in [4.78, 5) is 24.3. The molecule has 0 bridgehead atoms. The summed E-state index contributed by atoms with van der Waals surface area (Å²) in [5, 5.41) is 2.75. The number of ketones is 1. The molecule has 23 heavy (non-hydrogen) atoms. The maximum atomic E-state index is 13.1. The number of thioether (sulfide) groups is 1. The van der Waals surface area contributed by atoms with Gasteiger partial charge in [-0.15, -0.1) is 11.8 Å². The number of amides is 1. The summed E-state index contributed by atoms with van der Waals surface area (Å²) < 4.78 is 13.1. The van der Waals surface area contributed by atoms with Crippen LogP contribution in [0.15, 0.2) is 41.3 Å². The van der Waals surface area contributed by atoms with Crippen LogP contribution in [0.25, 0.3) is 0 Å². The van der Waals surface area contributed by atoms with Gasteiger partial charge in [-0.3, -0.25) is 9.59 Å². The van der Waals surface area contributed by atoms with Crippen LogP contribution in [0.4, 0.5) is 10.1 Å². The number of nitrogens with one attached hydrogen (secondary N) is 1. The van der Waals surface area contributed by atoms with Crippen molar-refractivity contribution in [3.8, 4) is 0 Å². The van der Waals surface area contributed by atoms with E-state index < -0.39 is 0 Å². The summed E-state index contributed by atoms with van der Waals surface area (Å²) >= 11 is 1.31. The quantitative estimate of drug-likeness (QED) is 0.653. The van der Waals surface area contributed by atoms with E-state index in [0.29, 0.717) is 11.3 Å². The highest BCUT2D eigenvalue weighted by Gasteiger charge is 2.13. The Kier molecular flexibility index (Phi) is 5.55. The molecule has 0 heterocycles. The fraction of sp³-hybridized carbons (Fsp3) is 0.222. The van der Waals surface area contributed by atoms with Crippen molar-refractivity contribution in [2.24, 2.45) is 0 Å². The predicted molar refractivity (Wildman–Crippen MR) is 91.7 cm³/mol. The van der Waals surface area contributed by atoms with Gasteiger partial charge in [0.1, 0.15) is 5.82 Å². The van der Waals surface area contributed by atoms with E-state index in [1.807, 2.05) is 13.8 Å². The minimum Gasteiger partial charge on any atom is -0.326 e. The topological polar surface area (TPSA) is 46.2 Å². The number of Topliss-reactive ketones (excluding diaryl/α,β-unsaturated/α-hetero) is 1. The third kappa shape index (κ3) is 4.66. The van der Waals surface area contributed by atoms with E-state index in [2.05, 4.69) is 5.32 Å². The van der Waals surface area contributed by atoms with Gasteiger partial charge in [0.2, 0.25) is 5.91 Å². The van der Waals surface area contributed by atoms with Gasteiger partial charge in [0.05, 0.1) is 5.75 Å². The lowest BCUT2D eigenvalue weighted by Gasteiger charge is -2.12. The Hall–Kier alpha value is -2.14. The van der Waals surface area contributed by atoms with Crippen LogP contribution in [0, 0.1) is 19.7 Å². The van der Waals surface area contributed by atoms with Gasteiger partial charge in [0.25, 0.3) is 0 Å². The van der Waals surface area contributed by atoms with Crippen LogP contribution in [-0.2, 0) is 4.79 Å². The third-order valence-corrected chi connectivity index (χ3v) is 4.34. The third-order valence-electron chi connectivity index (χ3n) is 3.35. The normalized spacial score (nSPS) is 10.4. The molecule has 0 aliphatic rings. The minimum atomic E-state index is -0.311. The molecule has 0 aliphatic heterocycles. The number of hydrogen-bond donors (Lipinski definition) is 1. The van der Waals surface area contributed by atoms with Crippen molar-refractivity contribution in [1.82, 2.24) is 0 Å². The Balaban J connectivity index is 2.13. The molecule has 120 valence electrons. The lowest BCUT2D eigenvalue weighted by molar-refractivity contribution is -0.114. The first-order valence-corrected chi connectivity index (χ1v) is 8.16. The minimum absolute atomic E-state index is 0.0192. The molecule has 2 aromatic rings. The van der Waals surface area contributed by atoms with Crippen molar-refractivity contribution in [2.45, 2.75) is 25.7 Å². The number of hydrogen-bond acceptors (Lipinski definition) is 3. The predicted octanol–water partition coefficient (Wildman–Crippen LogP) is 4.38. The van der Waals surface area contributed by atoms with Gasteiger partial charge < -0.3 is 5.32 Å². The summed E-state index contributed by atoms with van der Waals surface area (Å²) in [6, 6.07) is 9.78. The van der Waals surface area contributed by atoms with Crippen LogP contribution in [0.5, 0.6) is 0 Å². The van der Waals surface area contributed by atoms with Crippen LogP contribution in [0.1, 0.15) is 28.4 Å². The van der Waals surface area contributed by atoms with Crippen LogP contribution in [-0.4, -0.2) is 17.4 Å². The van der Waals surface area contributed by atoms with Gasteiger partial charge in [-0.2, -0.15) is 0 Å². The first-order valence-electron chi connectivity index (χ1n) is 7.17. The second kappa shape index (κ2) is 7.42. The molecule has 0 radical (unpaired) electrons. The summed E-state index contributed by atoms with van der Waals surface area (Å²) in [5.74, 6) is -0.236. The molecule has 0 fully saturated rings. The van der Waals surface area contributed by atoms with E-state index in [1.54, 1.807) is 24.3 Å². The molecule has 0 saturated carbocycles. The Bertz CT molecular complexity index is 759. The van der Waals surface area contributed by atoms with Gasteiger partial charge in [-0.05, 0) is 55.3 Å². The van der Waals surface area contributed by atoms with Gasteiger partial charge in [-0.25, -0.2) is 4.39 Å². The molecule has 0 atom stereocenters. The van der Waals surface area contributed by atoms with E-state index in [0.717, 1.165) is 16.0 Å².